The first-order valence-corrected chi connectivity index (χ1v) is 12.9. The van der Waals surface area contributed by atoms with Gasteiger partial charge in [0, 0.05) is 11.9 Å². The highest BCUT2D eigenvalue weighted by atomic mass is 32.2. The maximum atomic E-state index is 12.1. The van der Waals surface area contributed by atoms with Gasteiger partial charge in [-0.15, -0.1) is 0 Å². The average molecular weight is 482 g/mol. The molecule has 1 saturated carbocycles. The number of nitrogens with one attached hydrogen (secondary N) is 2. The molecule has 0 spiro atoms. The summed E-state index contributed by atoms with van der Waals surface area (Å²) in [5.41, 5.74) is 0.422. The number of aliphatic carboxylic acids is 1. The van der Waals surface area contributed by atoms with E-state index in [0.29, 0.717) is 6.42 Å². The summed E-state index contributed by atoms with van der Waals surface area (Å²) in [6.45, 7) is 6.65. The lowest BCUT2D eigenvalue weighted by molar-refractivity contribution is -0.306. The highest BCUT2D eigenvalue weighted by Crippen LogP contribution is 2.53. The predicted molar refractivity (Wildman–Crippen MR) is 116 cm³/mol. The molecule has 0 bridgehead atoms. The van der Waals surface area contributed by atoms with Crippen molar-refractivity contribution >= 4 is 16.0 Å². The fourth-order valence-electron chi connectivity index (χ4n) is 4.86. The van der Waals surface area contributed by atoms with Crippen LogP contribution in [0.5, 0.6) is 0 Å². The molecule has 184 valence electrons. The van der Waals surface area contributed by atoms with Crippen molar-refractivity contribution < 1.29 is 22.8 Å². The minimum Gasteiger partial charge on any atom is -0.550 e. The number of sulfonamides is 1. The van der Waals surface area contributed by atoms with Crippen molar-refractivity contribution in [2.75, 3.05) is 0 Å². The van der Waals surface area contributed by atoms with Gasteiger partial charge >= 0.3 is 0 Å². The first kappa shape index (κ1) is 25.3. The molecule has 1 fully saturated rings. The van der Waals surface area contributed by atoms with Crippen LogP contribution in [0.15, 0.2) is 16.0 Å². The van der Waals surface area contributed by atoms with Gasteiger partial charge in [-0.25, -0.2) is 23.2 Å². The zero-order chi connectivity index (χ0) is 24.1. The molecule has 1 aliphatic rings. The number of aromatic amines is 1. The normalized spacial score (nSPS) is 17.7. The molecule has 0 saturated heterocycles. The Morgan fingerprint density at radius 1 is 1.30 bits per heavy atom. The van der Waals surface area contributed by atoms with Crippen molar-refractivity contribution in [1.82, 2.24) is 30.0 Å². The summed E-state index contributed by atoms with van der Waals surface area (Å²) >= 11 is 0. The van der Waals surface area contributed by atoms with Gasteiger partial charge in [-0.3, -0.25) is 0 Å². The topological polar surface area (TPSA) is 167 Å². The number of carboxylic acids is 1. The second-order valence-corrected chi connectivity index (χ2v) is 11.6. The number of rotatable bonds is 11. The van der Waals surface area contributed by atoms with Crippen LogP contribution in [0, 0.1) is 10.8 Å². The maximum Gasteiger partial charge on any atom is 0.276 e. The third-order valence-electron chi connectivity index (χ3n) is 6.92. The lowest BCUT2D eigenvalue weighted by Crippen LogP contribution is -2.37. The van der Waals surface area contributed by atoms with Crippen LogP contribution in [0.2, 0.25) is 0 Å². The summed E-state index contributed by atoms with van der Waals surface area (Å²) in [6, 6.07) is 0. The van der Waals surface area contributed by atoms with Crippen LogP contribution in [-0.2, 0) is 21.4 Å². The third-order valence-corrected chi connectivity index (χ3v) is 8.15. The molecule has 2 heterocycles. The summed E-state index contributed by atoms with van der Waals surface area (Å²) < 4.78 is 31.9. The quantitative estimate of drug-likeness (QED) is 0.488. The van der Waals surface area contributed by atoms with Crippen LogP contribution in [0.25, 0.3) is 0 Å². The summed E-state index contributed by atoms with van der Waals surface area (Å²) in [5, 5.41) is 20.6. The first-order chi connectivity index (χ1) is 15.5. The van der Waals surface area contributed by atoms with Crippen molar-refractivity contribution in [1.29, 1.82) is 0 Å². The Bertz CT molecular complexity index is 1010. The largest absolute Gasteiger partial charge is 0.550 e. The van der Waals surface area contributed by atoms with Gasteiger partial charge in [-0.1, -0.05) is 51.6 Å². The van der Waals surface area contributed by atoms with Gasteiger partial charge < -0.3 is 14.4 Å². The number of carbonyl (C=O) groups excluding carboxylic acids is 1. The molecule has 1 aliphatic carbocycles. The molecule has 0 radical (unpaired) electrons. The van der Waals surface area contributed by atoms with Gasteiger partial charge in [-0.05, 0) is 42.9 Å². The van der Waals surface area contributed by atoms with Gasteiger partial charge in [0.15, 0.2) is 5.82 Å². The van der Waals surface area contributed by atoms with Gasteiger partial charge in [0.05, 0.1) is 6.54 Å². The fraction of sp³-hybridized carbons (Fsp3) is 0.762. The molecule has 11 nitrogen and oxygen atoms in total. The van der Waals surface area contributed by atoms with E-state index in [1.54, 1.807) is 0 Å². The first-order valence-electron chi connectivity index (χ1n) is 11.4. The minimum atomic E-state index is -3.90. The van der Waals surface area contributed by atoms with E-state index in [9.17, 15) is 18.3 Å². The zero-order valence-electron chi connectivity index (χ0n) is 19.5. The summed E-state index contributed by atoms with van der Waals surface area (Å²) in [5.74, 6) is -1.38. The number of nitrogens with zero attached hydrogens (tertiary/aromatic N) is 4. The SMILES string of the molecule is CC(C)(C)C1(CCCC(CC(=O)[O-])c2nc(CNS(=O)(=O)c3ncn[nH]3)no2)CCCCC1. The molecule has 1 atom stereocenters. The van der Waals surface area contributed by atoms with E-state index < -0.39 is 21.9 Å². The predicted octanol–water partition coefficient (Wildman–Crippen LogP) is 2.06. The molecule has 0 aliphatic heterocycles. The van der Waals surface area contributed by atoms with Crippen LogP contribution >= 0.6 is 0 Å². The number of hydrogen-bond donors (Lipinski definition) is 2. The Morgan fingerprint density at radius 2 is 2.03 bits per heavy atom. The summed E-state index contributed by atoms with van der Waals surface area (Å²) in [7, 11) is -3.90. The Kier molecular flexibility index (Phi) is 7.88. The Morgan fingerprint density at radius 3 is 2.64 bits per heavy atom. The molecule has 0 aromatic carbocycles. The fourth-order valence-corrected chi connectivity index (χ4v) is 5.68. The van der Waals surface area contributed by atoms with Crippen molar-refractivity contribution in [3.8, 4) is 0 Å². The van der Waals surface area contributed by atoms with Crippen LogP contribution in [0.1, 0.15) is 96.2 Å². The van der Waals surface area contributed by atoms with Gasteiger partial charge in [0.25, 0.3) is 15.2 Å². The monoisotopic (exact) mass is 481 g/mol. The van der Waals surface area contributed by atoms with Crippen molar-refractivity contribution in [3.05, 3.63) is 18.0 Å². The van der Waals surface area contributed by atoms with E-state index in [2.05, 4.69) is 50.8 Å². The lowest BCUT2D eigenvalue weighted by atomic mass is 9.57. The van der Waals surface area contributed by atoms with Crippen LogP contribution in [-0.4, -0.2) is 39.7 Å². The minimum absolute atomic E-state index is 0.106. The molecule has 2 aromatic heterocycles. The van der Waals surface area contributed by atoms with E-state index in [1.807, 2.05) is 0 Å². The Hall–Kier alpha value is -2.34. The lowest BCUT2D eigenvalue weighted by Gasteiger charge is -2.48. The summed E-state index contributed by atoms with van der Waals surface area (Å²) in [6.07, 6.45) is 9.41. The second-order valence-electron chi connectivity index (χ2n) is 9.92. The number of H-pyrrole nitrogens is 1. The zero-order valence-corrected chi connectivity index (χ0v) is 20.3. The molecule has 2 N–H and O–H groups in total. The molecule has 0 amide bonds. The van der Waals surface area contributed by atoms with Gasteiger partial charge in [0.2, 0.25) is 5.89 Å². The maximum absolute atomic E-state index is 12.1. The van der Waals surface area contributed by atoms with Crippen molar-refractivity contribution in [2.45, 2.75) is 96.2 Å². The number of carbonyl (C=O) groups is 1. The van der Waals surface area contributed by atoms with Crippen LogP contribution in [0.3, 0.4) is 0 Å². The molecular weight excluding hydrogens is 448 g/mol. The van der Waals surface area contributed by atoms with E-state index in [0.717, 1.165) is 19.2 Å². The van der Waals surface area contributed by atoms with Crippen LogP contribution < -0.4 is 9.83 Å². The van der Waals surface area contributed by atoms with Gasteiger partial charge in [0.1, 0.15) is 6.33 Å². The molecule has 1 unspecified atom stereocenters. The number of aromatic nitrogens is 5. The molecule has 2 aromatic rings. The molecule has 3 rings (SSSR count). The van der Waals surface area contributed by atoms with E-state index in [1.165, 1.54) is 32.1 Å². The van der Waals surface area contributed by atoms with E-state index in [4.69, 9.17) is 4.52 Å². The Labute approximate surface area is 194 Å². The molecule has 12 heteroatoms. The van der Waals surface area contributed by atoms with Crippen molar-refractivity contribution in [2.24, 2.45) is 10.8 Å². The number of carboxylic acid groups (broad SMARTS) is 1. The molecular formula is C21H33N6O5S-. The van der Waals surface area contributed by atoms with Gasteiger partial charge in [-0.2, -0.15) is 10.1 Å². The molecule has 33 heavy (non-hydrogen) atoms. The highest BCUT2D eigenvalue weighted by molar-refractivity contribution is 7.89. The van der Waals surface area contributed by atoms with Crippen LogP contribution in [0.4, 0.5) is 0 Å². The summed E-state index contributed by atoms with van der Waals surface area (Å²) in [4.78, 5) is 19.2. The average Bonchev–Trinajstić information content (AvgIpc) is 3.44. The number of hydrogen-bond acceptors (Lipinski definition) is 9. The second kappa shape index (κ2) is 10.3. The smallest absolute Gasteiger partial charge is 0.276 e. The van der Waals surface area contributed by atoms with E-state index >= 15 is 0 Å². The van der Waals surface area contributed by atoms with E-state index in [-0.39, 0.29) is 40.7 Å². The third kappa shape index (κ3) is 6.38. The Balaban J connectivity index is 1.63. The highest BCUT2D eigenvalue weighted by Gasteiger charge is 2.41. The standard InChI is InChI=1S/C21H34N6O5S/c1-20(2,3)21(9-5-4-6-10-21)11-7-8-15(12-17(28)29)18-25-16(27-32-18)13-24-33(30,31)19-22-14-23-26-19/h14-15,24H,4-13H2,1-3H3,(H,28,29)(H,22,23,26)/p-1. The van der Waals surface area contributed by atoms with Crippen molar-refractivity contribution in [3.63, 3.8) is 0 Å².